The second kappa shape index (κ2) is 12.2. The molecule has 0 N–H and O–H groups in total. The van der Waals surface area contributed by atoms with Crippen molar-refractivity contribution in [3.8, 4) is 17.1 Å². The van der Waals surface area contributed by atoms with Crippen LogP contribution in [0, 0.1) is 0 Å². The number of benzene rings is 3. The van der Waals surface area contributed by atoms with Gasteiger partial charge in [-0.1, -0.05) is 36.4 Å². The number of carbonyl (C=O) groups is 1. The molecule has 10 nitrogen and oxygen atoms in total. The highest BCUT2D eigenvalue weighted by atomic mass is 32.2. The Bertz CT molecular complexity index is 2270. The molecular formula is C38H33N5O5S. The van der Waals surface area contributed by atoms with E-state index in [9.17, 15) is 8.42 Å². The molecule has 49 heavy (non-hydrogen) atoms. The molecule has 11 heteroatoms. The fraction of sp³-hybridized carbons (Fsp3) is 0.184. The largest absolute Gasteiger partial charge is 0.493 e. The quantitative estimate of drug-likeness (QED) is 0.190. The monoisotopic (exact) mass is 671 g/mol. The first-order chi connectivity index (χ1) is 23.9. The Morgan fingerprint density at radius 2 is 1.63 bits per heavy atom. The van der Waals surface area contributed by atoms with Gasteiger partial charge in [-0.25, -0.2) is 12.7 Å². The number of nitrogens with zero attached hydrogens (tertiary/aromatic N) is 5. The number of carbonyl (C=O) groups excluding carboxylic acids is 1. The lowest BCUT2D eigenvalue weighted by Crippen LogP contribution is -2.60. The van der Waals surface area contributed by atoms with Crippen LogP contribution in [0.2, 0.25) is 0 Å². The van der Waals surface area contributed by atoms with Gasteiger partial charge < -0.3 is 14.1 Å². The van der Waals surface area contributed by atoms with E-state index in [1.165, 1.54) is 6.07 Å². The molecule has 2 aliphatic rings. The lowest BCUT2D eigenvalue weighted by molar-refractivity contribution is -0.127. The van der Waals surface area contributed by atoms with E-state index in [0.717, 1.165) is 15.6 Å². The number of aromatic nitrogens is 2. The topological polar surface area (TPSA) is 109 Å². The van der Waals surface area contributed by atoms with Crippen LogP contribution >= 0.6 is 0 Å². The third kappa shape index (κ3) is 4.88. The van der Waals surface area contributed by atoms with Gasteiger partial charge in [0.2, 0.25) is 0 Å². The van der Waals surface area contributed by atoms with Crippen LogP contribution in [-0.4, -0.2) is 62.0 Å². The highest BCUT2D eigenvalue weighted by Gasteiger charge is 2.60. The Morgan fingerprint density at radius 3 is 2.41 bits per heavy atom. The Labute approximate surface area is 284 Å². The molecule has 3 aromatic heterocycles. The third-order valence-electron chi connectivity index (χ3n) is 9.38. The Kier molecular flexibility index (Phi) is 7.65. The summed E-state index contributed by atoms with van der Waals surface area (Å²) >= 11 is 0. The number of para-hydroxylation sites is 2. The number of ether oxygens (including phenoxy) is 1. The summed E-state index contributed by atoms with van der Waals surface area (Å²) in [6, 6.07) is 29.0. The van der Waals surface area contributed by atoms with Crippen LogP contribution in [0.1, 0.15) is 18.1 Å². The zero-order valence-electron chi connectivity index (χ0n) is 26.8. The predicted molar refractivity (Wildman–Crippen MR) is 187 cm³/mol. The number of rotatable bonds is 8. The Hall–Kier alpha value is -5.52. The van der Waals surface area contributed by atoms with Crippen molar-refractivity contribution in [3.05, 3.63) is 133 Å². The summed E-state index contributed by atoms with van der Waals surface area (Å²) in [5, 5.41) is 0.656. The number of pyridine rings is 2. The summed E-state index contributed by atoms with van der Waals surface area (Å²) < 4.78 is 42.9. The summed E-state index contributed by atoms with van der Waals surface area (Å²) in [5.41, 5.74) is 1.87. The van der Waals surface area contributed by atoms with E-state index < -0.39 is 21.5 Å². The lowest BCUT2D eigenvalue weighted by Gasteiger charge is -2.46. The molecule has 246 valence electrons. The number of anilines is 2. The molecule has 0 bridgehead atoms. The first-order valence-electron chi connectivity index (χ1n) is 16.2. The maximum atomic E-state index is 15.6. The maximum Gasteiger partial charge on any atom is 0.273 e. The molecule has 6 aromatic rings. The summed E-state index contributed by atoms with van der Waals surface area (Å²) in [7, 11) is -4.48. The molecule has 1 saturated heterocycles. The zero-order valence-corrected chi connectivity index (χ0v) is 27.6. The van der Waals surface area contributed by atoms with Gasteiger partial charge in [0.15, 0.2) is 5.54 Å². The van der Waals surface area contributed by atoms with Crippen molar-refractivity contribution in [2.75, 3.05) is 42.0 Å². The molecule has 1 atom stereocenters. The van der Waals surface area contributed by atoms with E-state index in [4.69, 9.17) is 9.15 Å². The Morgan fingerprint density at radius 1 is 0.837 bits per heavy atom. The van der Waals surface area contributed by atoms with Crippen molar-refractivity contribution >= 4 is 38.2 Å². The van der Waals surface area contributed by atoms with Gasteiger partial charge in [-0.2, -0.15) is 0 Å². The number of furan rings is 1. The van der Waals surface area contributed by atoms with Gasteiger partial charge in [0.05, 0.1) is 24.1 Å². The van der Waals surface area contributed by atoms with Gasteiger partial charge in [-0.15, -0.1) is 0 Å². The van der Waals surface area contributed by atoms with E-state index in [1.807, 2.05) is 67.6 Å². The highest BCUT2D eigenvalue weighted by molar-refractivity contribution is 7.93. The summed E-state index contributed by atoms with van der Waals surface area (Å²) in [6.45, 7) is 4.37. The zero-order chi connectivity index (χ0) is 33.6. The fourth-order valence-corrected chi connectivity index (χ4v) is 8.86. The first-order valence-corrected chi connectivity index (χ1v) is 17.6. The molecule has 1 unspecified atom stereocenters. The van der Waals surface area contributed by atoms with Gasteiger partial charge in [-0.05, 0) is 67.6 Å². The van der Waals surface area contributed by atoms with Crippen LogP contribution in [0.25, 0.3) is 22.2 Å². The van der Waals surface area contributed by atoms with E-state index in [1.54, 1.807) is 55.2 Å². The molecule has 1 fully saturated rings. The van der Waals surface area contributed by atoms with E-state index >= 15 is 4.79 Å². The third-order valence-corrected chi connectivity index (χ3v) is 11.1. The van der Waals surface area contributed by atoms with E-state index in [-0.39, 0.29) is 10.6 Å². The van der Waals surface area contributed by atoms with Crippen molar-refractivity contribution < 1.29 is 22.4 Å². The molecular weight excluding hydrogens is 639 g/mol. The van der Waals surface area contributed by atoms with E-state index in [0.29, 0.717) is 66.3 Å². The number of piperazine rings is 1. The molecule has 8 rings (SSSR count). The smallest absolute Gasteiger partial charge is 0.273 e. The molecule has 3 aromatic carbocycles. The predicted octanol–water partition coefficient (Wildman–Crippen LogP) is 6.09. The van der Waals surface area contributed by atoms with Crippen LogP contribution in [0.15, 0.2) is 131 Å². The van der Waals surface area contributed by atoms with Crippen LogP contribution in [-0.2, 0) is 20.4 Å². The van der Waals surface area contributed by atoms with Crippen LogP contribution in [0.5, 0.6) is 5.75 Å². The minimum atomic E-state index is -4.48. The average Bonchev–Trinajstić information content (AvgIpc) is 3.77. The number of hydrogen-bond acceptors (Lipinski definition) is 9. The maximum absolute atomic E-state index is 15.6. The van der Waals surface area contributed by atoms with Crippen molar-refractivity contribution in [1.29, 1.82) is 0 Å². The average molecular weight is 672 g/mol. The minimum absolute atomic E-state index is 0.0450. The normalized spacial score (nSPS) is 18.2. The summed E-state index contributed by atoms with van der Waals surface area (Å²) in [4.78, 5) is 28.5. The van der Waals surface area contributed by atoms with Crippen LogP contribution < -0.4 is 13.9 Å². The number of fused-ring (bicyclic) bond motifs is 2. The molecule has 1 amide bonds. The van der Waals surface area contributed by atoms with Crippen molar-refractivity contribution in [2.45, 2.75) is 17.4 Å². The van der Waals surface area contributed by atoms with Crippen molar-refractivity contribution in [3.63, 3.8) is 0 Å². The van der Waals surface area contributed by atoms with Crippen LogP contribution in [0.4, 0.5) is 11.4 Å². The Balaban J connectivity index is 1.37. The molecule has 0 radical (unpaired) electrons. The van der Waals surface area contributed by atoms with Gasteiger partial charge in [0, 0.05) is 72.5 Å². The minimum Gasteiger partial charge on any atom is -0.493 e. The highest BCUT2D eigenvalue weighted by Crippen LogP contribution is 2.54. The molecule has 0 aliphatic carbocycles. The van der Waals surface area contributed by atoms with E-state index in [2.05, 4.69) is 19.8 Å². The second-order valence-electron chi connectivity index (χ2n) is 11.9. The molecule has 5 heterocycles. The number of hydrogen-bond donors (Lipinski definition) is 0. The van der Waals surface area contributed by atoms with Gasteiger partial charge in [0.25, 0.3) is 15.9 Å². The van der Waals surface area contributed by atoms with Crippen molar-refractivity contribution in [1.82, 2.24) is 14.9 Å². The molecule has 0 saturated carbocycles. The van der Waals surface area contributed by atoms with Crippen molar-refractivity contribution in [2.24, 2.45) is 0 Å². The van der Waals surface area contributed by atoms with Gasteiger partial charge in [0.1, 0.15) is 16.4 Å². The fourth-order valence-electron chi connectivity index (χ4n) is 7.23. The first kappa shape index (κ1) is 30.8. The SMILES string of the molecule is CCOc1ccccc1C1(N2CCN(c3ccncc3)CC2)C(=O)N(S(=O)(=O)c2cccc3cccnc23)c2ccc(-c3ccco3)cc21. The standard InChI is InChI=1S/C38H33N5O5S/c1-2-47-34-11-4-3-10-30(34)38(42-23-21-41(22-24-42)29-16-19-39-20-17-29)31-26-28(33-12-7-25-48-33)14-15-32(31)43(37(38)44)49(45,46)35-13-5-8-27-9-6-18-40-36(27)35/h3-20,25-26H,2,21-24H2,1H3. The lowest BCUT2D eigenvalue weighted by atomic mass is 9.80. The molecule has 2 aliphatic heterocycles. The van der Waals surface area contributed by atoms with Crippen LogP contribution in [0.3, 0.4) is 0 Å². The summed E-state index contributed by atoms with van der Waals surface area (Å²) in [6.07, 6.45) is 6.67. The van der Waals surface area contributed by atoms with Gasteiger partial charge in [-0.3, -0.25) is 19.7 Å². The molecule has 0 spiro atoms. The van der Waals surface area contributed by atoms with Gasteiger partial charge >= 0.3 is 0 Å². The summed E-state index contributed by atoms with van der Waals surface area (Å²) in [5.74, 6) is 0.510. The number of amides is 1. The second-order valence-corrected chi connectivity index (χ2v) is 13.7. The number of sulfonamides is 1.